The van der Waals surface area contributed by atoms with Crippen LogP contribution >= 0.6 is 11.8 Å². The lowest BCUT2D eigenvalue weighted by Crippen LogP contribution is -2.26. The fourth-order valence-electron chi connectivity index (χ4n) is 1.22. The van der Waals surface area contributed by atoms with Crippen LogP contribution in [0, 0.1) is 0 Å². The van der Waals surface area contributed by atoms with Gasteiger partial charge in [0.05, 0.1) is 4.87 Å². The maximum atomic E-state index is 5.93. The number of benzene rings is 1. The lowest BCUT2D eigenvalue weighted by molar-refractivity contribution is 0.758. The van der Waals surface area contributed by atoms with Gasteiger partial charge in [-0.1, -0.05) is 26.0 Å². The summed E-state index contributed by atoms with van der Waals surface area (Å²) in [5.41, 5.74) is 7.31. The minimum absolute atomic E-state index is 0.195. The third-order valence-electron chi connectivity index (χ3n) is 1.93. The first kappa shape index (κ1) is 11.6. The minimum Gasteiger partial charge on any atom is -0.317 e. The lowest BCUT2D eigenvalue weighted by atomic mass is 10.0. The predicted octanol–water partition coefficient (Wildman–Crippen LogP) is 3.60. The van der Waals surface area contributed by atoms with Crippen LogP contribution in [0.5, 0.6) is 0 Å². The lowest BCUT2D eigenvalue weighted by Gasteiger charge is -2.17. The summed E-state index contributed by atoms with van der Waals surface area (Å²) >= 11 is 1.70. The maximum absolute atomic E-state index is 5.93. The van der Waals surface area contributed by atoms with Gasteiger partial charge in [-0.3, -0.25) is 0 Å². The van der Waals surface area contributed by atoms with Crippen molar-refractivity contribution in [2.24, 2.45) is 5.73 Å². The van der Waals surface area contributed by atoms with Crippen molar-refractivity contribution >= 4 is 11.8 Å². The summed E-state index contributed by atoms with van der Waals surface area (Å²) in [4.78, 5) is 1.04. The molecule has 0 amide bonds. The van der Waals surface area contributed by atoms with Crippen molar-refractivity contribution < 1.29 is 0 Å². The van der Waals surface area contributed by atoms with Crippen molar-refractivity contribution in [1.82, 2.24) is 0 Å². The second-order valence-corrected chi connectivity index (χ2v) is 6.16. The van der Waals surface area contributed by atoms with Gasteiger partial charge in [-0.25, -0.2) is 0 Å². The molecule has 1 aromatic carbocycles. The SMILES string of the molecule is CC(C)c1ccc(SC(C)(C)N)cc1. The van der Waals surface area contributed by atoms with Crippen LogP contribution in [0.15, 0.2) is 29.2 Å². The molecule has 0 atom stereocenters. The van der Waals surface area contributed by atoms with E-state index in [9.17, 15) is 0 Å². The average molecular weight is 209 g/mol. The topological polar surface area (TPSA) is 26.0 Å². The Hall–Kier alpha value is -0.470. The molecular weight excluding hydrogens is 190 g/mol. The zero-order valence-corrected chi connectivity index (χ0v) is 10.2. The van der Waals surface area contributed by atoms with Crippen LogP contribution in [0.1, 0.15) is 39.2 Å². The maximum Gasteiger partial charge on any atom is 0.0609 e. The first-order valence-electron chi connectivity index (χ1n) is 4.96. The molecule has 0 saturated heterocycles. The zero-order valence-electron chi connectivity index (χ0n) is 9.37. The molecule has 14 heavy (non-hydrogen) atoms. The highest BCUT2D eigenvalue weighted by Crippen LogP contribution is 2.29. The summed E-state index contributed by atoms with van der Waals surface area (Å²) < 4.78 is 0. The molecule has 2 heteroatoms. The highest BCUT2D eigenvalue weighted by Gasteiger charge is 2.12. The number of nitrogens with two attached hydrogens (primary N) is 1. The smallest absolute Gasteiger partial charge is 0.0609 e. The molecule has 0 fully saturated rings. The summed E-state index contributed by atoms with van der Waals surface area (Å²) in [6.45, 7) is 8.45. The Morgan fingerprint density at radius 2 is 1.64 bits per heavy atom. The monoisotopic (exact) mass is 209 g/mol. The Kier molecular flexibility index (Phi) is 3.62. The van der Waals surface area contributed by atoms with E-state index in [0.29, 0.717) is 5.92 Å². The molecular formula is C12H19NS. The van der Waals surface area contributed by atoms with Crippen molar-refractivity contribution in [2.75, 3.05) is 0 Å². The molecule has 0 bridgehead atoms. The van der Waals surface area contributed by atoms with Crippen molar-refractivity contribution in [3.63, 3.8) is 0 Å². The van der Waals surface area contributed by atoms with E-state index in [1.807, 2.05) is 13.8 Å². The average Bonchev–Trinajstić information content (AvgIpc) is 2.02. The second kappa shape index (κ2) is 4.37. The quantitative estimate of drug-likeness (QED) is 0.608. The molecule has 0 spiro atoms. The van der Waals surface area contributed by atoms with Crippen LogP contribution in [0.2, 0.25) is 0 Å². The van der Waals surface area contributed by atoms with Gasteiger partial charge in [-0.2, -0.15) is 0 Å². The van der Waals surface area contributed by atoms with E-state index in [-0.39, 0.29) is 4.87 Å². The van der Waals surface area contributed by atoms with Crippen LogP contribution in [0.3, 0.4) is 0 Å². The molecule has 0 unspecified atom stereocenters. The van der Waals surface area contributed by atoms with Gasteiger partial charge in [0.1, 0.15) is 0 Å². The van der Waals surface area contributed by atoms with E-state index in [2.05, 4.69) is 38.1 Å². The highest BCUT2D eigenvalue weighted by atomic mass is 32.2. The normalized spacial score (nSPS) is 12.1. The molecule has 0 radical (unpaired) electrons. The van der Waals surface area contributed by atoms with E-state index in [4.69, 9.17) is 5.73 Å². The summed E-state index contributed by atoms with van der Waals surface area (Å²) in [6, 6.07) is 8.65. The summed E-state index contributed by atoms with van der Waals surface area (Å²) in [5, 5.41) is 0. The molecule has 0 aliphatic rings. The molecule has 0 aliphatic carbocycles. The number of rotatable bonds is 3. The Labute approximate surface area is 91.1 Å². The third kappa shape index (κ3) is 3.72. The Bertz CT molecular complexity index is 282. The van der Waals surface area contributed by atoms with E-state index >= 15 is 0 Å². The molecule has 2 N–H and O–H groups in total. The van der Waals surface area contributed by atoms with Crippen LogP contribution in [0.25, 0.3) is 0 Å². The molecule has 1 nitrogen and oxygen atoms in total. The fraction of sp³-hybridized carbons (Fsp3) is 0.500. The third-order valence-corrected chi connectivity index (χ3v) is 2.96. The van der Waals surface area contributed by atoms with Crippen molar-refractivity contribution in [2.45, 2.75) is 43.4 Å². The standard InChI is InChI=1S/C12H19NS/c1-9(2)10-5-7-11(8-6-10)14-12(3,4)13/h5-9H,13H2,1-4H3. The van der Waals surface area contributed by atoms with Crippen molar-refractivity contribution in [1.29, 1.82) is 0 Å². The predicted molar refractivity (Wildman–Crippen MR) is 64.7 cm³/mol. The van der Waals surface area contributed by atoms with Crippen LogP contribution in [0.4, 0.5) is 0 Å². The molecule has 0 aromatic heterocycles. The van der Waals surface area contributed by atoms with Crippen LogP contribution < -0.4 is 5.73 Å². The van der Waals surface area contributed by atoms with Gasteiger partial charge in [-0.05, 0) is 37.5 Å². The summed E-state index contributed by atoms with van der Waals surface area (Å²) in [7, 11) is 0. The summed E-state index contributed by atoms with van der Waals surface area (Å²) in [5.74, 6) is 0.597. The Morgan fingerprint density at radius 1 is 1.14 bits per heavy atom. The first-order chi connectivity index (χ1) is 6.38. The van der Waals surface area contributed by atoms with E-state index in [1.165, 1.54) is 10.5 Å². The van der Waals surface area contributed by atoms with Gasteiger partial charge in [0, 0.05) is 4.90 Å². The molecule has 0 saturated carbocycles. The van der Waals surface area contributed by atoms with Crippen molar-refractivity contribution in [3.8, 4) is 0 Å². The number of hydrogen-bond acceptors (Lipinski definition) is 2. The highest BCUT2D eigenvalue weighted by molar-refractivity contribution is 8.00. The second-order valence-electron chi connectivity index (χ2n) is 4.43. The first-order valence-corrected chi connectivity index (χ1v) is 5.78. The summed E-state index contributed by atoms with van der Waals surface area (Å²) in [6.07, 6.45) is 0. The number of hydrogen-bond donors (Lipinski definition) is 1. The van der Waals surface area contributed by atoms with Gasteiger partial charge < -0.3 is 5.73 Å². The molecule has 1 rings (SSSR count). The minimum atomic E-state index is -0.195. The molecule has 0 heterocycles. The van der Waals surface area contributed by atoms with Gasteiger partial charge >= 0.3 is 0 Å². The van der Waals surface area contributed by atoms with E-state index < -0.39 is 0 Å². The molecule has 1 aromatic rings. The molecule has 0 aliphatic heterocycles. The number of thioether (sulfide) groups is 1. The van der Waals surface area contributed by atoms with Gasteiger partial charge in [-0.15, -0.1) is 11.8 Å². The van der Waals surface area contributed by atoms with Gasteiger partial charge in [0.15, 0.2) is 0 Å². The molecule has 78 valence electrons. The Balaban J connectivity index is 2.74. The fourth-order valence-corrected chi connectivity index (χ4v) is 2.10. The zero-order chi connectivity index (χ0) is 10.8. The van der Waals surface area contributed by atoms with Gasteiger partial charge in [0.2, 0.25) is 0 Å². The van der Waals surface area contributed by atoms with E-state index in [1.54, 1.807) is 11.8 Å². The van der Waals surface area contributed by atoms with Crippen molar-refractivity contribution in [3.05, 3.63) is 29.8 Å². The van der Waals surface area contributed by atoms with Gasteiger partial charge in [0.25, 0.3) is 0 Å². The van der Waals surface area contributed by atoms with Crippen LogP contribution in [-0.2, 0) is 0 Å². The Morgan fingerprint density at radius 3 is 2.00 bits per heavy atom. The largest absolute Gasteiger partial charge is 0.317 e. The van der Waals surface area contributed by atoms with E-state index in [0.717, 1.165) is 0 Å². The van der Waals surface area contributed by atoms with Crippen LogP contribution in [-0.4, -0.2) is 4.87 Å².